The summed E-state index contributed by atoms with van der Waals surface area (Å²) in [7, 11) is 0. The van der Waals surface area contributed by atoms with Gasteiger partial charge in [-0.25, -0.2) is 0 Å². The Hall–Kier alpha value is -1.39. The van der Waals surface area contributed by atoms with Gasteiger partial charge in [-0.05, 0) is 17.9 Å². The molecule has 0 aromatic heterocycles. The monoisotopic (exact) mass is 262 g/mol. The van der Waals surface area contributed by atoms with Crippen LogP contribution in [0.3, 0.4) is 0 Å². The quantitative estimate of drug-likeness (QED) is 0.831. The Kier molecular flexibility index (Phi) is 4.93. The highest BCUT2D eigenvalue weighted by molar-refractivity contribution is 5.78. The molecule has 0 bridgehead atoms. The van der Waals surface area contributed by atoms with E-state index in [1.54, 1.807) is 0 Å². The van der Waals surface area contributed by atoms with Gasteiger partial charge in [0.25, 0.3) is 0 Å². The molecule has 1 amide bonds. The first-order valence-electron chi connectivity index (χ1n) is 6.87. The number of carbonyl (C=O) groups excluding carboxylic acids is 1. The number of nitrogens with one attached hydrogen (secondary N) is 1. The molecule has 104 valence electrons. The van der Waals surface area contributed by atoms with E-state index in [1.807, 2.05) is 23.1 Å². The summed E-state index contributed by atoms with van der Waals surface area (Å²) in [5, 5.41) is 12.4. The fourth-order valence-electron chi connectivity index (χ4n) is 2.38. The molecule has 1 saturated heterocycles. The van der Waals surface area contributed by atoms with Crippen LogP contribution in [0, 0.1) is 0 Å². The van der Waals surface area contributed by atoms with Crippen molar-refractivity contribution >= 4 is 5.91 Å². The fourth-order valence-corrected chi connectivity index (χ4v) is 2.38. The number of amides is 1. The number of benzene rings is 1. The van der Waals surface area contributed by atoms with Gasteiger partial charge in [-0.1, -0.05) is 37.3 Å². The molecule has 4 heteroatoms. The molecule has 4 nitrogen and oxygen atoms in total. The van der Waals surface area contributed by atoms with E-state index in [9.17, 15) is 9.90 Å². The lowest BCUT2D eigenvalue weighted by Gasteiger charge is -2.17. The maximum atomic E-state index is 11.8. The molecule has 1 unspecified atom stereocenters. The number of likely N-dealkylation sites (tertiary alicyclic amines) is 1. The molecule has 1 fully saturated rings. The Labute approximate surface area is 114 Å². The summed E-state index contributed by atoms with van der Waals surface area (Å²) in [6.45, 7) is 4.57. The zero-order valence-electron chi connectivity index (χ0n) is 11.4. The number of aliphatic hydroxyl groups excluding tert-OH is 1. The second kappa shape index (κ2) is 6.68. The summed E-state index contributed by atoms with van der Waals surface area (Å²) in [6.07, 6.45) is 0.504. The van der Waals surface area contributed by atoms with Gasteiger partial charge >= 0.3 is 0 Å². The van der Waals surface area contributed by atoms with E-state index in [0.29, 0.717) is 25.6 Å². The third-order valence-electron chi connectivity index (χ3n) is 3.59. The molecule has 0 aliphatic carbocycles. The highest BCUT2D eigenvalue weighted by Gasteiger charge is 2.21. The summed E-state index contributed by atoms with van der Waals surface area (Å²) >= 11 is 0. The number of nitrogens with zero attached hydrogens (tertiary/aromatic N) is 1. The first-order chi connectivity index (χ1) is 9.15. The van der Waals surface area contributed by atoms with Crippen LogP contribution in [-0.2, 0) is 4.79 Å². The Balaban J connectivity index is 1.71. The van der Waals surface area contributed by atoms with E-state index in [0.717, 1.165) is 13.0 Å². The van der Waals surface area contributed by atoms with Crippen molar-refractivity contribution in [2.75, 3.05) is 26.2 Å². The first kappa shape index (κ1) is 14.0. The Bertz CT molecular complexity index is 408. The van der Waals surface area contributed by atoms with Crippen LogP contribution in [0.25, 0.3) is 0 Å². The molecule has 2 atom stereocenters. The number of hydrogen-bond acceptors (Lipinski definition) is 3. The summed E-state index contributed by atoms with van der Waals surface area (Å²) in [5.74, 6) is 0.353. The van der Waals surface area contributed by atoms with Gasteiger partial charge in [-0.3, -0.25) is 9.69 Å². The van der Waals surface area contributed by atoms with Crippen LogP contribution in [0.5, 0.6) is 0 Å². The molecule has 1 heterocycles. The molecule has 0 saturated carbocycles. The van der Waals surface area contributed by atoms with Gasteiger partial charge in [-0.2, -0.15) is 0 Å². The zero-order valence-corrected chi connectivity index (χ0v) is 11.4. The highest BCUT2D eigenvalue weighted by atomic mass is 16.3. The van der Waals surface area contributed by atoms with E-state index in [2.05, 4.69) is 24.4 Å². The van der Waals surface area contributed by atoms with E-state index in [-0.39, 0.29) is 12.0 Å². The minimum Gasteiger partial charge on any atom is -0.392 e. The summed E-state index contributed by atoms with van der Waals surface area (Å²) in [6, 6.07) is 10.2. The summed E-state index contributed by atoms with van der Waals surface area (Å²) in [5.41, 5.74) is 1.24. The summed E-state index contributed by atoms with van der Waals surface area (Å²) in [4.78, 5) is 13.8. The standard InChI is InChI=1S/C15H22N2O2/c1-12(13-5-3-2-4-6-13)9-16-15(19)11-17-8-7-14(18)10-17/h2-6,12,14,18H,7-11H2,1H3,(H,16,19)/t12?,14-/m0/s1. The average Bonchev–Trinajstić information content (AvgIpc) is 2.82. The number of hydrogen-bond donors (Lipinski definition) is 2. The van der Waals surface area contributed by atoms with E-state index in [1.165, 1.54) is 5.56 Å². The molecule has 1 aliphatic heterocycles. The Morgan fingerprint density at radius 3 is 2.84 bits per heavy atom. The van der Waals surface area contributed by atoms with Crippen LogP contribution >= 0.6 is 0 Å². The predicted molar refractivity (Wildman–Crippen MR) is 74.9 cm³/mol. The van der Waals surface area contributed by atoms with E-state index >= 15 is 0 Å². The topological polar surface area (TPSA) is 52.6 Å². The molecule has 0 spiro atoms. The van der Waals surface area contributed by atoms with Gasteiger partial charge in [0.05, 0.1) is 12.6 Å². The first-order valence-corrected chi connectivity index (χ1v) is 6.87. The second-order valence-electron chi connectivity index (χ2n) is 5.29. The van der Waals surface area contributed by atoms with Crippen LogP contribution in [0.15, 0.2) is 30.3 Å². The average molecular weight is 262 g/mol. The fraction of sp³-hybridized carbons (Fsp3) is 0.533. The lowest BCUT2D eigenvalue weighted by atomic mass is 10.0. The van der Waals surface area contributed by atoms with Gasteiger partial charge in [0.2, 0.25) is 5.91 Å². The molecule has 19 heavy (non-hydrogen) atoms. The third-order valence-corrected chi connectivity index (χ3v) is 3.59. The normalized spacial score (nSPS) is 21.3. The third kappa shape index (κ3) is 4.33. The largest absolute Gasteiger partial charge is 0.392 e. The van der Waals surface area contributed by atoms with Crippen molar-refractivity contribution in [1.29, 1.82) is 0 Å². The molecular formula is C15H22N2O2. The molecule has 2 rings (SSSR count). The van der Waals surface area contributed by atoms with Gasteiger partial charge < -0.3 is 10.4 Å². The Morgan fingerprint density at radius 1 is 1.47 bits per heavy atom. The van der Waals surface area contributed by atoms with Gasteiger partial charge in [-0.15, -0.1) is 0 Å². The van der Waals surface area contributed by atoms with Crippen molar-refractivity contribution in [3.8, 4) is 0 Å². The van der Waals surface area contributed by atoms with Crippen LogP contribution in [0.4, 0.5) is 0 Å². The van der Waals surface area contributed by atoms with Crippen LogP contribution in [-0.4, -0.2) is 48.2 Å². The number of aliphatic hydroxyl groups is 1. The maximum absolute atomic E-state index is 11.8. The number of β-amino-alcohol motifs (C(OH)–C–C–N with tert-alkyl or cyclic N) is 1. The van der Waals surface area contributed by atoms with Crippen molar-refractivity contribution in [1.82, 2.24) is 10.2 Å². The number of carbonyl (C=O) groups is 1. The van der Waals surface area contributed by atoms with Crippen molar-refractivity contribution in [2.24, 2.45) is 0 Å². The number of rotatable bonds is 5. The lowest BCUT2D eigenvalue weighted by molar-refractivity contribution is -0.122. The molecular weight excluding hydrogens is 240 g/mol. The Morgan fingerprint density at radius 2 is 2.21 bits per heavy atom. The molecule has 0 radical (unpaired) electrons. The van der Waals surface area contributed by atoms with Crippen LogP contribution in [0.2, 0.25) is 0 Å². The SMILES string of the molecule is CC(CNC(=O)CN1CC[C@H](O)C1)c1ccccc1. The molecule has 1 aromatic carbocycles. The van der Waals surface area contributed by atoms with Crippen molar-refractivity contribution in [3.63, 3.8) is 0 Å². The minimum atomic E-state index is -0.268. The smallest absolute Gasteiger partial charge is 0.234 e. The molecule has 2 N–H and O–H groups in total. The van der Waals surface area contributed by atoms with E-state index in [4.69, 9.17) is 0 Å². The molecule has 1 aliphatic rings. The highest BCUT2D eigenvalue weighted by Crippen LogP contribution is 2.13. The molecule has 1 aromatic rings. The second-order valence-corrected chi connectivity index (χ2v) is 5.29. The summed E-state index contributed by atoms with van der Waals surface area (Å²) < 4.78 is 0. The van der Waals surface area contributed by atoms with Crippen molar-refractivity contribution < 1.29 is 9.90 Å². The maximum Gasteiger partial charge on any atom is 0.234 e. The van der Waals surface area contributed by atoms with Crippen LogP contribution < -0.4 is 5.32 Å². The zero-order chi connectivity index (χ0) is 13.7. The minimum absolute atomic E-state index is 0.0388. The van der Waals surface area contributed by atoms with Gasteiger partial charge in [0.15, 0.2) is 0 Å². The van der Waals surface area contributed by atoms with Gasteiger partial charge in [0.1, 0.15) is 0 Å². The van der Waals surface area contributed by atoms with Crippen molar-refractivity contribution in [2.45, 2.75) is 25.4 Å². The van der Waals surface area contributed by atoms with Gasteiger partial charge in [0, 0.05) is 19.6 Å². The van der Waals surface area contributed by atoms with Crippen LogP contribution in [0.1, 0.15) is 24.8 Å². The van der Waals surface area contributed by atoms with Crippen molar-refractivity contribution in [3.05, 3.63) is 35.9 Å². The van der Waals surface area contributed by atoms with E-state index < -0.39 is 0 Å². The lowest BCUT2D eigenvalue weighted by Crippen LogP contribution is -2.37. The predicted octanol–water partition coefficient (Wildman–Crippen LogP) is 0.973.